The fourth-order valence-corrected chi connectivity index (χ4v) is 2.15. The van der Waals surface area contributed by atoms with Crippen LogP contribution in [0.5, 0.6) is 0 Å². The van der Waals surface area contributed by atoms with Crippen LogP contribution >= 0.6 is 0 Å². The highest BCUT2D eigenvalue weighted by Crippen LogP contribution is 2.35. The molecule has 0 bridgehead atoms. The van der Waals surface area contributed by atoms with Crippen molar-refractivity contribution >= 4 is 5.82 Å². The minimum atomic E-state index is -0.247. The van der Waals surface area contributed by atoms with Crippen molar-refractivity contribution in [2.75, 3.05) is 5.32 Å². The Morgan fingerprint density at radius 2 is 1.81 bits per heavy atom. The van der Waals surface area contributed by atoms with Crippen LogP contribution in [0.2, 0.25) is 0 Å². The zero-order valence-corrected chi connectivity index (χ0v) is 12.4. The van der Waals surface area contributed by atoms with Crippen LogP contribution in [-0.4, -0.2) is 4.98 Å². The Hall–Kier alpha value is -2.41. The second-order valence-electron chi connectivity index (χ2n) is 6.04. The monoisotopic (exact) mass is 283 g/mol. The Morgan fingerprint density at radius 1 is 1.14 bits per heavy atom. The van der Waals surface area contributed by atoms with Gasteiger partial charge >= 0.3 is 0 Å². The van der Waals surface area contributed by atoms with Crippen LogP contribution in [0.15, 0.2) is 42.6 Å². The van der Waals surface area contributed by atoms with Crippen molar-refractivity contribution in [1.29, 1.82) is 5.26 Å². The smallest absolute Gasteiger partial charge is 0.126 e. The molecule has 4 heteroatoms. The summed E-state index contributed by atoms with van der Waals surface area (Å²) in [6.45, 7) is 6.33. The molecule has 2 rings (SSSR count). The summed E-state index contributed by atoms with van der Waals surface area (Å²) in [5, 5.41) is 12.2. The average Bonchev–Trinajstić information content (AvgIpc) is 2.45. The molecule has 0 aliphatic rings. The lowest BCUT2D eigenvalue weighted by Crippen LogP contribution is -2.26. The molecule has 21 heavy (non-hydrogen) atoms. The van der Waals surface area contributed by atoms with E-state index in [2.05, 4.69) is 31.1 Å². The molecule has 3 nitrogen and oxygen atoms in total. The van der Waals surface area contributed by atoms with E-state index < -0.39 is 0 Å². The summed E-state index contributed by atoms with van der Waals surface area (Å²) in [6.07, 6.45) is 1.53. The van der Waals surface area contributed by atoms with E-state index in [0.717, 1.165) is 5.56 Å². The van der Waals surface area contributed by atoms with E-state index in [9.17, 15) is 4.39 Å². The number of nitrogens with one attached hydrogen (secondary N) is 1. The van der Waals surface area contributed by atoms with E-state index >= 15 is 0 Å². The van der Waals surface area contributed by atoms with E-state index in [4.69, 9.17) is 5.26 Å². The molecule has 0 saturated heterocycles. The molecule has 1 unspecified atom stereocenters. The first-order valence-corrected chi connectivity index (χ1v) is 6.78. The van der Waals surface area contributed by atoms with Crippen molar-refractivity contribution < 1.29 is 4.39 Å². The summed E-state index contributed by atoms with van der Waals surface area (Å²) >= 11 is 0. The van der Waals surface area contributed by atoms with Gasteiger partial charge in [-0.2, -0.15) is 5.26 Å². The Bertz CT molecular complexity index is 634. The number of pyridine rings is 1. The van der Waals surface area contributed by atoms with Gasteiger partial charge in [0.25, 0.3) is 0 Å². The molecular formula is C17H18FN3. The molecule has 2 aromatic rings. The van der Waals surface area contributed by atoms with Gasteiger partial charge in [0.15, 0.2) is 0 Å². The third-order valence-electron chi connectivity index (χ3n) is 3.25. The van der Waals surface area contributed by atoms with Crippen LogP contribution in [0.1, 0.15) is 37.9 Å². The van der Waals surface area contributed by atoms with E-state index in [1.165, 1.54) is 18.3 Å². The Kier molecular flexibility index (Phi) is 4.23. The number of anilines is 1. The number of nitriles is 1. The van der Waals surface area contributed by atoms with Crippen LogP contribution in [0.3, 0.4) is 0 Å². The van der Waals surface area contributed by atoms with E-state index in [1.807, 2.05) is 6.07 Å². The summed E-state index contributed by atoms with van der Waals surface area (Å²) in [4.78, 5) is 4.24. The average molecular weight is 283 g/mol. The SMILES string of the molecule is CC(C)(C)C(Nc1ccc(C#N)cn1)c1ccc(F)cc1. The number of aromatic nitrogens is 1. The number of halogens is 1. The van der Waals surface area contributed by atoms with Gasteiger partial charge in [0, 0.05) is 6.20 Å². The van der Waals surface area contributed by atoms with Crippen molar-refractivity contribution in [2.45, 2.75) is 26.8 Å². The van der Waals surface area contributed by atoms with Crippen molar-refractivity contribution in [3.05, 3.63) is 59.5 Å². The quantitative estimate of drug-likeness (QED) is 0.914. The zero-order valence-electron chi connectivity index (χ0n) is 12.4. The largest absolute Gasteiger partial charge is 0.363 e. The summed E-state index contributed by atoms with van der Waals surface area (Å²) in [5.41, 5.74) is 1.44. The highest BCUT2D eigenvalue weighted by atomic mass is 19.1. The minimum absolute atomic E-state index is 0.0152. The molecule has 0 saturated carbocycles. The van der Waals surface area contributed by atoms with E-state index in [-0.39, 0.29) is 17.3 Å². The molecule has 0 amide bonds. The van der Waals surface area contributed by atoms with Gasteiger partial charge in [0.2, 0.25) is 0 Å². The molecule has 0 radical (unpaired) electrons. The minimum Gasteiger partial charge on any atom is -0.363 e. The van der Waals surface area contributed by atoms with Crippen molar-refractivity contribution in [3.63, 3.8) is 0 Å². The van der Waals surface area contributed by atoms with Gasteiger partial charge in [-0.3, -0.25) is 0 Å². The molecule has 0 aliphatic heterocycles. The standard InChI is InChI=1S/C17H18FN3/c1-17(2,3)16(13-5-7-14(18)8-6-13)21-15-9-4-12(10-19)11-20-15/h4-9,11,16H,1-3H3,(H,20,21). The maximum Gasteiger partial charge on any atom is 0.126 e. The predicted octanol–water partition coefficient (Wildman–Crippen LogP) is 4.29. The first-order valence-electron chi connectivity index (χ1n) is 6.78. The third-order valence-corrected chi connectivity index (χ3v) is 3.25. The molecule has 0 fully saturated rings. The fraction of sp³-hybridized carbons (Fsp3) is 0.294. The summed E-state index contributed by atoms with van der Waals surface area (Å²) < 4.78 is 13.1. The lowest BCUT2D eigenvalue weighted by atomic mass is 9.82. The number of rotatable bonds is 3. The van der Waals surface area contributed by atoms with Crippen LogP contribution < -0.4 is 5.32 Å². The fourth-order valence-electron chi connectivity index (χ4n) is 2.15. The second-order valence-corrected chi connectivity index (χ2v) is 6.04. The van der Waals surface area contributed by atoms with E-state index in [1.54, 1.807) is 24.3 Å². The first-order chi connectivity index (χ1) is 9.90. The highest BCUT2D eigenvalue weighted by Gasteiger charge is 2.26. The molecule has 1 heterocycles. The van der Waals surface area contributed by atoms with Gasteiger partial charge in [-0.15, -0.1) is 0 Å². The molecule has 1 aromatic heterocycles. The number of hydrogen-bond donors (Lipinski definition) is 1. The van der Waals surface area contributed by atoms with Crippen LogP contribution in [0.4, 0.5) is 10.2 Å². The van der Waals surface area contributed by atoms with Gasteiger partial charge < -0.3 is 5.32 Å². The summed E-state index contributed by atoms with van der Waals surface area (Å²) in [5.74, 6) is 0.446. The number of hydrogen-bond acceptors (Lipinski definition) is 3. The van der Waals surface area contributed by atoms with Crippen molar-refractivity contribution in [3.8, 4) is 6.07 Å². The second kappa shape index (κ2) is 5.92. The van der Waals surface area contributed by atoms with Crippen molar-refractivity contribution in [1.82, 2.24) is 4.98 Å². The topological polar surface area (TPSA) is 48.7 Å². The predicted molar refractivity (Wildman–Crippen MR) is 81.2 cm³/mol. The summed E-state index contributed by atoms with van der Waals surface area (Å²) in [7, 11) is 0. The molecule has 1 N–H and O–H groups in total. The highest BCUT2D eigenvalue weighted by molar-refractivity contribution is 5.42. The number of benzene rings is 1. The lowest BCUT2D eigenvalue weighted by Gasteiger charge is -2.32. The van der Waals surface area contributed by atoms with Crippen LogP contribution in [0, 0.1) is 22.6 Å². The van der Waals surface area contributed by atoms with Gasteiger partial charge in [0.05, 0.1) is 11.6 Å². The van der Waals surface area contributed by atoms with Gasteiger partial charge in [0.1, 0.15) is 17.7 Å². The molecule has 0 spiro atoms. The summed E-state index contributed by atoms with van der Waals surface area (Å²) in [6, 6.07) is 12.0. The Labute approximate surface area is 124 Å². The Balaban J connectivity index is 2.28. The third kappa shape index (κ3) is 3.79. The normalized spacial score (nSPS) is 12.5. The first kappa shape index (κ1) is 15.0. The Morgan fingerprint density at radius 3 is 2.29 bits per heavy atom. The van der Waals surface area contributed by atoms with Gasteiger partial charge in [-0.25, -0.2) is 9.37 Å². The molecular weight excluding hydrogens is 265 g/mol. The molecule has 1 aromatic carbocycles. The number of nitrogens with zero attached hydrogens (tertiary/aromatic N) is 2. The molecule has 1 atom stereocenters. The zero-order chi connectivity index (χ0) is 15.5. The molecule has 0 aliphatic carbocycles. The molecule has 108 valence electrons. The van der Waals surface area contributed by atoms with Crippen LogP contribution in [0.25, 0.3) is 0 Å². The van der Waals surface area contributed by atoms with Crippen LogP contribution in [-0.2, 0) is 0 Å². The van der Waals surface area contributed by atoms with Crippen molar-refractivity contribution in [2.24, 2.45) is 5.41 Å². The van der Waals surface area contributed by atoms with Gasteiger partial charge in [-0.1, -0.05) is 32.9 Å². The maximum atomic E-state index is 13.1. The van der Waals surface area contributed by atoms with E-state index in [0.29, 0.717) is 11.4 Å². The maximum absolute atomic E-state index is 13.1. The lowest BCUT2D eigenvalue weighted by molar-refractivity contribution is 0.346. The van der Waals surface area contributed by atoms with Gasteiger partial charge in [-0.05, 0) is 35.2 Å².